The quantitative estimate of drug-likeness (QED) is 0.363. The highest BCUT2D eigenvalue weighted by Gasteiger charge is 2.23. The molecule has 33 heavy (non-hydrogen) atoms. The van der Waals surface area contributed by atoms with Crippen LogP contribution < -0.4 is 0 Å². The molecule has 0 atom stereocenters. The SMILES string of the molecule is CCCCC/C(F)=C(\F)c1ccc(-c2cc(C3CCC(CCC)CC3)ccc2C(=O)O)cc1. The Kier molecular flexibility index (Phi) is 9.22. The van der Waals surface area contributed by atoms with Gasteiger partial charge >= 0.3 is 5.97 Å². The number of hydrogen-bond donors (Lipinski definition) is 1. The van der Waals surface area contributed by atoms with Crippen LogP contribution in [0.15, 0.2) is 48.3 Å². The van der Waals surface area contributed by atoms with Gasteiger partial charge in [-0.2, -0.15) is 0 Å². The molecule has 1 aliphatic rings. The average molecular weight is 455 g/mol. The average Bonchev–Trinajstić information content (AvgIpc) is 2.84. The van der Waals surface area contributed by atoms with E-state index >= 15 is 0 Å². The molecule has 0 amide bonds. The van der Waals surface area contributed by atoms with Gasteiger partial charge in [-0.15, -0.1) is 0 Å². The summed E-state index contributed by atoms with van der Waals surface area (Å²) in [6.45, 7) is 4.26. The van der Waals surface area contributed by atoms with Crippen molar-refractivity contribution in [1.29, 1.82) is 0 Å². The lowest BCUT2D eigenvalue weighted by atomic mass is 9.76. The van der Waals surface area contributed by atoms with Crippen LogP contribution in [0.4, 0.5) is 8.78 Å². The molecule has 0 aliphatic heterocycles. The van der Waals surface area contributed by atoms with Crippen LogP contribution >= 0.6 is 0 Å². The van der Waals surface area contributed by atoms with E-state index in [2.05, 4.69) is 6.92 Å². The van der Waals surface area contributed by atoms with Crippen LogP contribution in [0.1, 0.15) is 105 Å². The van der Waals surface area contributed by atoms with E-state index < -0.39 is 17.6 Å². The van der Waals surface area contributed by atoms with Crippen molar-refractivity contribution in [3.8, 4) is 11.1 Å². The third kappa shape index (κ3) is 6.52. The number of benzene rings is 2. The van der Waals surface area contributed by atoms with Crippen LogP contribution in [0.2, 0.25) is 0 Å². The van der Waals surface area contributed by atoms with Gasteiger partial charge in [0.15, 0.2) is 5.83 Å². The Balaban J connectivity index is 1.83. The van der Waals surface area contributed by atoms with Crippen LogP contribution in [0.25, 0.3) is 17.0 Å². The molecule has 3 rings (SSSR count). The van der Waals surface area contributed by atoms with Crippen molar-refractivity contribution in [2.24, 2.45) is 5.92 Å². The third-order valence-electron chi connectivity index (χ3n) is 6.98. The summed E-state index contributed by atoms with van der Waals surface area (Å²) < 4.78 is 28.7. The number of aromatic carboxylic acids is 1. The van der Waals surface area contributed by atoms with E-state index in [1.165, 1.54) is 31.2 Å². The van der Waals surface area contributed by atoms with E-state index in [1.807, 2.05) is 19.1 Å². The van der Waals surface area contributed by atoms with E-state index in [9.17, 15) is 18.7 Å². The molecule has 0 aromatic heterocycles. The number of carboxylic acid groups (broad SMARTS) is 1. The molecule has 4 heteroatoms. The predicted molar refractivity (Wildman–Crippen MR) is 132 cm³/mol. The van der Waals surface area contributed by atoms with Crippen molar-refractivity contribution in [2.75, 3.05) is 0 Å². The van der Waals surface area contributed by atoms with Crippen molar-refractivity contribution in [3.63, 3.8) is 0 Å². The van der Waals surface area contributed by atoms with Crippen LogP contribution in [0.3, 0.4) is 0 Å². The molecule has 2 nitrogen and oxygen atoms in total. The minimum Gasteiger partial charge on any atom is -0.478 e. The van der Waals surface area contributed by atoms with Gasteiger partial charge in [-0.05, 0) is 66.7 Å². The fourth-order valence-corrected chi connectivity index (χ4v) is 5.03. The summed E-state index contributed by atoms with van der Waals surface area (Å²) >= 11 is 0. The topological polar surface area (TPSA) is 37.3 Å². The molecular formula is C29H36F2O2. The standard InChI is InChI=1S/C29H36F2O2/c1-3-5-6-8-27(30)28(31)23-15-13-22(14-16-23)26-19-24(17-18-25(26)29(32)33)21-11-9-20(7-4-2)10-12-21/h13-21H,3-12H2,1-2H3,(H,32,33)/b28-27+. The molecule has 0 radical (unpaired) electrons. The van der Waals surface area contributed by atoms with Gasteiger partial charge in [-0.1, -0.05) is 75.9 Å². The molecule has 0 heterocycles. The molecule has 1 N–H and O–H groups in total. The first kappa shape index (κ1) is 25.1. The van der Waals surface area contributed by atoms with Crippen molar-refractivity contribution in [2.45, 2.75) is 84.0 Å². The second-order valence-corrected chi connectivity index (χ2v) is 9.37. The maximum atomic E-state index is 14.5. The van der Waals surface area contributed by atoms with Gasteiger partial charge in [-0.3, -0.25) is 0 Å². The fraction of sp³-hybridized carbons (Fsp3) is 0.483. The second-order valence-electron chi connectivity index (χ2n) is 9.37. The summed E-state index contributed by atoms with van der Waals surface area (Å²) in [5.74, 6) is -1.28. The minimum atomic E-state index is -0.986. The zero-order chi connectivity index (χ0) is 23.8. The Labute approximate surface area is 196 Å². The first-order chi connectivity index (χ1) is 15.9. The van der Waals surface area contributed by atoms with Gasteiger partial charge < -0.3 is 5.11 Å². The van der Waals surface area contributed by atoms with E-state index in [-0.39, 0.29) is 17.5 Å². The van der Waals surface area contributed by atoms with Gasteiger partial charge in [0.2, 0.25) is 0 Å². The van der Waals surface area contributed by atoms with Gasteiger partial charge in [0.1, 0.15) is 5.83 Å². The summed E-state index contributed by atoms with van der Waals surface area (Å²) in [4.78, 5) is 11.9. The molecule has 0 spiro atoms. The minimum absolute atomic E-state index is 0.104. The van der Waals surface area contributed by atoms with Crippen molar-refractivity contribution >= 4 is 11.8 Å². The van der Waals surface area contributed by atoms with Gasteiger partial charge in [0.25, 0.3) is 0 Å². The van der Waals surface area contributed by atoms with E-state index in [4.69, 9.17) is 0 Å². The van der Waals surface area contributed by atoms with Crippen LogP contribution in [-0.4, -0.2) is 11.1 Å². The summed E-state index contributed by atoms with van der Waals surface area (Å²) in [6, 6.07) is 12.1. The Bertz CT molecular complexity index is 954. The lowest BCUT2D eigenvalue weighted by Gasteiger charge is -2.29. The Morgan fingerprint density at radius 3 is 2.24 bits per heavy atom. The Hall–Kier alpha value is -2.49. The molecular weight excluding hydrogens is 418 g/mol. The summed E-state index contributed by atoms with van der Waals surface area (Å²) in [6.07, 6.45) is 9.76. The van der Waals surface area contributed by atoms with E-state index in [0.29, 0.717) is 23.5 Å². The van der Waals surface area contributed by atoms with Crippen LogP contribution in [-0.2, 0) is 0 Å². The molecule has 0 saturated heterocycles. The monoisotopic (exact) mass is 454 g/mol. The number of carbonyl (C=O) groups is 1. The maximum Gasteiger partial charge on any atom is 0.336 e. The maximum absolute atomic E-state index is 14.5. The number of halogens is 2. The highest BCUT2D eigenvalue weighted by Crippen LogP contribution is 2.39. The molecule has 2 aromatic rings. The molecule has 178 valence electrons. The lowest BCUT2D eigenvalue weighted by molar-refractivity contribution is 0.0697. The molecule has 1 aliphatic carbocycles. The Morgan fingerprint density at radius 1 is 0.939 bits per heavy atom. The van der Waals surface area contributed by atoms with Crippen molar-refractivity contribution < 1.29 is 18.7 Å². The number of carboxylic acids is 1. The molecule has 0 unspecified atom stereocenters. The highest BCUT2D eigenvalue weighted by atomic mass is 19.2. The zero-order valence-electron chi connectivity index (χ0n) is 19.9. The largest absolute Gasteiger partial charge is 0.478 e. The van der Waals surface area contributed by atoms with Gasteiger partial charge in [0.05, 0.1) is 5.56 Å². The second kappa shape index (κ2) is 12.1. The molecule has 0 bridgehead atoms. The van der Waals surface area contributed by atoms with E-state index in [0.717, 1.165) is 31.6 Å². The van der Waals surface area contributed by atoms with Crippen molar-refractivity contribution in [3.05, 3.63) is 65.0 Å². The fourth-order valence-electron chi connectivity index (χ4n) is 5.03. The molecule has 2 aromatic carbocycles. The van der Waals surface area contributed by atoms with Gasteiger partial charge in [-0.25, -0.2) is 13.6 Å². The van der Waals surface area contributed by atoms with Gasteiger partial charge in [0, 0.05) is 12.0 Å². The summed E-state index contributed by atoms with van der Waals surface area (Å²) in [7, 11) is 0. The summed E-state index contributed by atoms with van der Waals surface area (Å²) in [5, 5.41) is 9.72. The van der Waals surface area contributed by atoms with Crippen LogP contribution in [0, 0.1) is 5.92 Å². The van der Waals surface area contributed by atoms with Crippen LogP contribution in [0.5, 0.6) is 0 Å². The normalized spacial score (nSPS) is 19.3. The van der Waals surface area contributed by atoms with Crippen molar-refractivity contribution in [1.82, 2.24) is 0 Å². The zero-order valence-corrected chi connectivity index (χ0v) is 19.9. The highest BCUT2D eigenvalue weighted by molar-refractivity contribution is 5.96. The Morgan fingerprint density at radius 2 is 1.64 bits per heavy atom. The first-order valence-corrected chi connectivity index (χ1v) is 12.5. The smallest absolute Gasteiger partial charge is 0.336 e. The third-order valence-corrected chi connectivity index (χ3v) is 6.98. The first-order valence-electron chi connectivity index (χ1n) is 12.5. The summed E-state index contributed by atoms with van der Waals surface area (Å²) in [5.41, 5.74) is 2.93. The molecule has 1 fully saturated rings. The number of rotatable bonds is 10. The number of allylic oxidation sites excluding steroid dienone is 1. The number of hydrogen-bond acceptors (Lipinski definition) is 1. The number of unbranched alkanes of at least 4 members (excludes halogenated alkanes) is 2. The predicted octanol–water partition coefficient (Wildman–Crippen LogP) is 9.31. The van der Waals surface area contributed by atoms with E-state index in [1.54, 1.807) is 30.3 Å². The molecule has 1 saturated carbocycles. The lowest BCUT2D eigenvalue weighted by Crippen LogP contribution is -2.13.